The van der Waals surface area contributed by atoms with Crippen molar-refractivity contribution in [1.29, 1.82) is 0 Å². The van der Waals surface area contributed by atoms with Crippen LogP contribution in [-0.4, -0.2) is 50.5 Å². The van der Waals surface area contributed by atoms with Crippen molar-refractivity contribution in [2.45, 2.75) is 19.3 Å². The second-order valence-corrected chi connectivity index (χ2v) is 7.79. The topological polar surface area (TPSA) is 63.4 Å². The zero-order valence-corrected chi connectivity index (χ0v) is 11.5. The van der Waals surface area contributed by atoms with E-state index in [4.69, 9.17) is 18.0 Å². The van der Waals surface area contributed by atoms with Gasteiger partial charge in [0, 0.05) is 25.8 Å². The maximum atomic E-state index is 11.0. The average molecular weight is 264 g/mol. The van der Waals surface area contributed by atoms with Gasteiger partial charge in [-0.1, -0.05) is 12.2 Å². The van der Waals surface area contributed by atoms with Crippen molar-refractivity contribution in [2.75, 3.05) is 32.1 Å². The van der Waals surface area contributed by atoms with Crippen molar-refractivity contribution in [3.63, 3.8) is 0 Å². The van der Waals surface area contributed by atoms with Gasteiger partial charge in [-0.15, -0.1) is 0 Å². The lowest BCUT2D eigenvalue weighted by atomic mass is 10.0. The van der Waals surface area contributed by atoms with Crippen molar-refractivity contribution in [3.8, 4) is 0 Å². The molecule has 0 amide bonds. The molecule has 1 rings (SSSR count). The van der Waals surface area contributed by atoms with E-state index in [-0.39, 0.29) is 11.2 Å². The molecule has 1 aliphatic rings. The molecule has 1 aliphatic carbocycles. The van der Waals surface area contributed by atoms with E-state index in [1.807, 2.05) is 7.05 Å². The molecule has 1 fully saturated rings. The Morgan fingerprint density at radius 2 is 2.06 bits per heavy atom. The van der Waals surface area contributed by atoms with Crippen molar-refractivity contribution >= 4 is 27.0 Å². The second kappa shape index (κ2) is 4.98. The van der Waals surface area contributed by atoms with Gasteiger partial charge in [0.25, 0.3) is 0 Å². The summed E-state index contributed by atoms with van der Waals surface area (Å²) < 4.78 is 22.1. The number of sulfone groups is 1. The summed E-state index contributed by atoms with van der Waals surface area (Å²) in [6, 6.07) is 0. The Morgan fingerprint density at radius 1 is 1.50 bits per heavy atom. The van der Waals surface area contributed by atoms with Gasteiger partial charge in [-0.25, -0.2) is 8.42 Å². The summed E-state index contributed by atoms with van der Waals surface area (Å²) >= 11 is 4.92. The molecule has 1 saturated carbocycles. The highest BCUT2D eigenvalue weighted by atomic mass is 32.2. The van der Waals surface area contributed by atoms with Crippen LogP contribution in [0.3, 0.4) is 0 Å². The minimum absolute atomic E-state index is 0.215. The Morgan fingerprint density at radius 3 is 2.44 bits per heavy atom. The number of thiocarbonyl (C=S) groups is 1. The minimum atomic E-state index is -2.87. The molecule has 0 saturated heterocycles. The largest absolute Gasteiger partial charge is 0.393 e. The van der Waals surface area contributed by atoms with Gasteiger partial charge in [0.15, 0.2) is 0 Å². The van der Waals surface area contributed by atoms with Crippen LogP contribution in [0.15, 0.2) is 0 Å². The molecule has 0 spiro atoms. The van der Waals surface area contributed by atoms with Gasteiger partial charge in [0.2, 0.25) is 0 Å². The molecular weight excluding hydrogens is 244 g/mol. The Bertz CT molecular complexity index is 361. The van der Waals surface area contributed by atoms with E-state index in [2.05, 4.69) is 4.90 Å². The van der Waals surface area contributed by atoms with E-state index in [0.717, 1.165) is 25.8 Å². The molecule has 6 heteroatoms. The minimum Gasteiger partial charge on any atom is -0.393 e. The van der Waals surface area contributed by atoms with Gasteiger partial charge in [0.1, 0.15) is 9.84 Å². The number of rotatable bonds is 7. The molecule has 2 N–H and O–H groups in total. The molecule has 0 radical (unpaired) electrons. The van der Waals surface area contributed by atoms with Crippen molar-refractivity contribution in [2.24, 2.45) is 11.1 Å². The summed E-state index contributed by atoms with van der Waals surface area (Å²) in [5.74, 6) is 0.215. The maximum absolute atomic E-state index is 11.0. The predicted molar refractivity (Wildman–Crippen MR) is 70.3 cm³/mol. The normalized spacial score (nSPS) is 18.7. The molecule has 0 atom stereocenters. The van der Waals surface area contributed by atoms with Crippen LogP contribution in [0.25, 0.3) is 0 Å². The third-order valence-corrected chi connectivity index (χ3v) is 4.02. The average Bonchev–Trinajstić information content (AvgIpc) is 2.79. The number of hydrogen-bond acceptors (Lipinski definition) is 4. The van der Waals surface area contributed by atoms with Crippen LogP contribution in [0.5, 0.6) is 0 Å². The molecule has 16 heavy (non-hydrogen) atoms. The summed E-state index contributed by atoms with van der Waals surface area (Å²) in [7, 11) is -0.920. The first-order chi connectivity index (χ1) is 7.22. The predicted octanol–water partition coefficient (Wildman–Crippen LogP) is 0.419. The molecule has 0 unspecified atom stereocenters. The summed E-state index contributed by atoms with van der Waals surface area (Å²) in [6.45, 7) is 1.47. The Kier molecular flexibility index (Phi) is 4.31. The van der Waals surface area contributed by atoms with Gasteiger partial charge in [-0.2, -0.15) is 0 Å². The molecular formula is C10H20N2O2S2. The van der Waals surface area contributed by atoms with E-state index in [1.165, 1.54) is 6.26 Å². The highest BCUT2D eigenvalue weighted by Gasteiger charge is 2.43. The van der Waals surface area contributed by atoms with Gasteiger partial charge in [-0.3, -0.25) is 0 Å². The quantitative estimate of drug-likeness (QED) is 0.675. The van der Waals surface area contributed by atoms with Crippen molar-refractivity contribution in [3.05, 3.63) is 0 Å². The molecule has 0 aliphatic heterocycles. The highest BCUT2D eigenvalue weighted by molar-refractivity contribution is 7.90. The first-order valence-corrected chi connectivity index (χ1v) is 7.84. The van der Waals surface area contributed by atoms with Crippen LogP contribution in [0, 0.1) is 5.41 Å². The number of nitrogens with two attached hydrogens (primary N) is 1. The van der Waals surface area contributed by atoms with E-state index in [0.29, 0.717) is 11.5 Å². The van der Waals surface area contributed by atoms with Gasteiger partial charge in [-0.05, 0) is 25.3 Å². The molecule has 0 heterocycles. The van der Waals surface area contributed by atoms with E-state index < -0.39 is 9.84 Å². The fraction of sp³-hybridized carbons (Fsp3) is 0.900. The molecule has 0 bridgehead atoms. The summed E-state index contributed by atoms with van der Waals surface area (Å²) in [4.78, 5) is 2.63. The lowest BCUT2D eigenvalue weighted by Crippen LogP contribution is -2.32. The van der Waals surface area contributed by atoms with E-state index >= 15 is 0 Å². The Hall–Kier alpha value is -0.200. The van der Waals surface area contributed by atoms with Gasteiger partial charge in [0.05, 0.1) is 10.7 Å². The smallest absolute Gasteiger partial charge is 0.148 e. The van der Waals surface area contributed by atoms with Crippen LogP contribution >= 0.6 is 12.2 Å². The van der Waals surface area contributed by atoms with Crippen molar-refractivity contribution in [1.82, 2.24) is 4.90 Å². The lowest BCUT2D eigenvalue weighted by Gasteiger charge is -2.22. The molecule has 0 aromatic carbocycles. The summed E-state index contributed by atoms with van der Waals surface area (Å²) in [5, 5.41) is 0. The van der Waals surface area contributed by atoms with Crippen LogP contribution in [0.2, 0.25) is 0 Å². The first-order valence-electron chi connectivity index (χ1n) is 5.37. The maximum Gasteiger partial charge on any atom is 0.148 e. The van der Waals surface area contributed by atoms with E-state index in [1.54, 1.807) is 0 Å². The number of hydrogen-bond donors (Lipinski definition) is 1. The zero-order chi connectivity index (χ0) is 12.4. The second-order valence-electron chi connectivity index (χ2n) is 5.01. The standard InChI is InChI=1S/C10H20N2O2S2/c1-12(5-6-16(2,13)14)8-10(3-4-10)7-9(11)15/h3-8H2,1-2H3,(H2,11,15). The molecule has 0 aromatic rings. The third kappa shape index (κ3) is 5.23. The monoisotopic (exact) mass is 264 g/mol. The molecule has 4 nitrogen and oxygen atoms in total. The van der Waals surface area contributed by atoms with Crippen LogP contribution in [-0.2, 0) is 9.84 Å². The van der Waals surface area contributed by atoms with Crippen LogP contribution in [0.4, 0.5) is 0 Å². The Labute approximate surface area is 103 Å². The third-order valence-electron chi connectivity index (χ3n) is 2.96. The molecule has 94 valence electrons. The number of nitrogens with zero attached hydrogens (tertiary/aromatic N) is 1. The lowest BCUT2D eigenvalue weighted by molar-refractivity contribution is 0.279. The summed E-state index contributed by atoms with van der Waals surface area (Å²) in [5.41, 5.74) is 5.79. The zero-order valence-electron chi connectivity index (χ0n) is 9.90. The first kappa shape index (κ1) is 13.9. The summed E-state index contributed by atoms with van der Waals surface area (Å²) in [6.07, 6.45) is 4.34. The van der Waals surface area contributed by atoms with E-state index in [9.17, 15) is 8.42 Å². The fourth-order valence-corrected chi connectivity index (χ4v) is 2.86. The van der Waals surface area contributed by atoms with Gasteiger partial charge >= 0.3 is 0 Å². The van der Waals surface area contributed by atoms with Crippen LogP contribution < -0.4 is 5.73 Å². The van der Waals surface area contributed by atoms with Gasteiger partial charge < -0.3 is 10.6 Å². The SMILES string of the molecule is CN(CCS(C)(=O)=O)CC1(CC(N)=S)CC1. The Balaban J connectivity index is 2.34. The van der Waals surface area contributed by atoms with Crippen molar-refractivity contribution < 1.29 is 8.42 Å². The highest BCUT2D eigenvalue weighted by Crippen LogP contribution is 2.49. The van der Waals surface area contributed by atoms with Crippen LogP contribution in [0.1, 0.15) is 19.3 Å². The fourth-order valence-electron chi connectivity index (χ4n) is 1.91. The molecule has 0 aromatic heterocycles.